The number of fused-ring (bicyclic) bond motifs is 1. The van der Waals surface area contributed by atoms with Gasteiger partial charge in [0.25, 0.3) is 0 Å². The first-order valence-corrected chi connectivity index (χ1v) is 6.55. The van der Waals surface area contributed by atoms with Crippen LogP contribution in [0.4, 0.5) is 17.3 Å². The van der Waals surface area contributed by atoms with Crippen molar-refractivity contribution in [2.45, 2.75) is 0 Å². The predicted octanol–water partition coefficient (Wildman–Crippen LogP) is 2.77. The van der Waals surface area contributed by atoms with E-state index in [9.17, 15) is 0 Å². The highest BCUT2D eigenvalue weighted by Gasteiger charge is 2.23. The van der Waals surface area contributed by atoms with Crippen molar-refractivity contribution in [3.8, 4) is 0 Å². The van der Waals surface area contributed by atoms with Crippen molar-refractivity contribution in [3.05, 3.63) is 34.8 Å². The minimum absolute atomic E-state index is 0.103. The lowest BCUT2D eigenvalue weighted by Crippen LogP contribution is -2.37. The summed E-state index contributed by atoms with van der Waals surface area (Å²) in [5.41, 5.74) is 2.16. The summed E-state index contributed by atoms with van der Waals surface area (Å²) in [6.07, 6.45) is 0. The lowest BCUT2D eigenvalue weighted by molar-refractivity contribution is 0.797. The average molecular weight is 296 g/mol. The maximum absolute atomic E-state index is 5.84. The maximum atomic E-state index is 5.84. The van der Waals surface area contributed by atoms with Gasteiger partial charge >= 0.3 is 0 Å². The van der Waals surface area contributed by atoms with Crippen LogP contribution in [0.2, 0.25) is 10.6 Å². The molecule has 2 heterocycles. The Hall–Kier alpha value is -1.59. The van der Waals surface area contributed by atoms with Gasteiger partial charge in [-0.25, -0.2) is 0 Å². The maximum Gasteiger partial charge on any atom is 0.235 e. The molecule has 3 rings (SSSR count). The lowest BCUT2D eigenvalue weighted by Gasteiger charge is -2.35. The van der Waals surface area contributed by atoms with Crippen molar-refractivity contribution in [3.63, 3.8) is 0 Å². The fraction of sp³-hybridized carbons (Fsp3) is 0.250. The Morgan fingerprint density at radius 1 is 0.947 bits per heavy atom. The Morgan fingerprint density at radius 2 is 1.58 bits per heavy atom. The Balaban J connectivity index is 2.09. The number of halogens is 2. The molecule has 0 radical (unpaired) electrons. The van der Waals surface area contributed by atoms with Crippen LogP contribution >= 0.6 is 23.2 Å². The molecule has 0 N–H and O–H groups in total. The van der Waals surface area contributed by atoms with Gasteiger partial charge < -0.3 is 9.80 Å². The molecular weight excluding hydrogens is 285 g/mol. The van der Waals surface area contributed by atoms with E-state index in [-0.39, 0.29) is 10.6 Å². The van der Waals surface area contributed by atoms with E-state index >= 15 is 0 Å². The Labute approximate surface area is 120 Å². The van der Waals surface area contributed by atoms with E-state index in [0.717, 1.165) is 24.5 Å². The van der Waals surface area contributed by atoms with E-state index in [4.69, 9.17) is 23.2 Å². The third-order valence-corrected chi connectivity index (χ3v) is 3.39. The zero-order valence-corrected chi connectivity index (χ0v) is 11.7. The number of anilines is 3. The Morgan fingerprint density at radius 3 is 2.26 bits per heavy atom. The van der Waals surface area contributed by atoms with Gasteiger partial charge in [-0.2, -0.15) is 15.0 Å². The van der Waals surface area contributed by atoms with Crippen LogP contribution in [0.15, 0.2) is 24.3 Å². The third-order valence-electron chi connectivity index (χ3n) is 3.05. The summed E-state index contributed by atoms with van der Waals surface area (Å²) < 4.78 is 0. The van der Waals surface area contributed by atoms with Crippen LogP contribution in [0.1, 0.15) is 0 Å². The van der Waals surface area contributed by atoms with Gasteiger partial charge in [-0.15, -0.1) is 0 Å². The molecule has 1 aromatic heterocycles. The van der Waals surface area contributed by atoms with Crippen molar-refractivity contribution >= 4 is 40.5 Å². The first kappa shape index (κ1) is 12.4. The SMILES string of the molecule is CN1CCN(c2nc(Cl)nc(Cl)n2)c2ccccc21. The molecule has 0 aliphatic carbocycles. The highest BCUT2D eigenvalue weighted by atomic mass is 35.5. The monoisotopic (exact) mass is 295 g/mol. The number of likely N-dealkylation sites (N-methyl/N-ethyl adjacent to an activating group) is 1. The first-order chi connectivity index (χ1) is 9.15. The van der Waals surface area contributed by atoms with Crippen molar-refractivity contribution in [1.82, 2.24) is 15.0 Å². The van der Waals surface area contributed by atoms with Crippen LogP contribution in [0, 0.1) is 0 Å². The lowest BCUT2D eigenvalue weighted by atomic mass is 10.2. The third kappa shape index (κ3) is 2.31. The topological polar surface area (TPSA) is 45.2 Å². The summed E-state index contributed by atoms with van der Waals surface area (Å²) in [7, 11) is 2.06. The summed E-state index contributed by atoms with van der Waals surface area (Å²) in [6, 6.07) is 8.07. The molecule has 0 amide bonds. The van der Waals surface area contributed by atoms with E-state index < -0.39 is 0 Å². The standard InChI is InChI=1S/C12H11Cl2N5/c1-18-6-7-19(9-5-3-2-4-8(9)18)12-16-10(13)15-11(14)17-12/h2-5H,6-7H2,1H3. The van der Waals surface area contributed by atoms with Gasteiger partial charge in [0.1, 0.15) is 0 Å². The number of hydrogen-bond donors (Lipinski definition) is 0. The van der Waals surface area contributed by atoms with E-state index in [2.05, 4.69) is 33.0 Å². The molecule has 0 spiro atoms. The van der Waals surface area contributed by atoms with Gasteiger partial charge in [-0.1, -0.05) is 12.1 Å². The number of benzene rings is 1. The van der Waals surface area contributed by atoms with Crippen molar-refractivity contribution < 1.29 is 0 Å². The second-order valence-corrected chi connectivity index (χ2v) is 4.91. The predicted molar refractivity (Wildman–Crippen MR) is 76.6 cm³/mol. The van der Waals surface area contributed by atoms with E-state index in [0.29, 0.717) is 5.95 Å². The molecule has 0 saturated carbocycles. The van der Waals surface area contributed by atoms with Crippen LogP contribution in [0.3, 0.4) is 0 Å². The Kier molecular flexibility index (Phi) is 3.16. The van der Waals surface area contributed by atoms with E-state index in [1.54, 1.807) is 0 Å². The average Bonchev–Trinajstić information content (AvgIpc) is 2.38. The highest BCUT2D eigenvalue weighted by Crippen LogP contribution is 2.35. The molecule has 0 bridgehead atoms. The van der Waals surface area contributed by atoms with E-state index in [1.807, 2.05) is 23.1 Å². The molecule has 19 heavy (non-hydrogen) atoms. The largest absolute Gasteiger partial charge is 0.371 e. The highest BCUT2D eigenvalue weighted by molar-refractivity contribution is 6.31. The number of para-hydroxylation sites is 2. The summed E-state index contributed by atoms with van der Waals surface area (Å²) in [5.74, 6) is 0.477. The van der Waals surface area contributed by atoms with Crippen molar-refractivity contribution in [2.75, 3.05) is 29.9 Å². The summed E-state index contributed by atoms with van der Waals surface area (Å²) in [5, 5.41) is 0.206. The molecule has 1 aliphatic rings. The molecule has 0 fully saturated rings. The van der Waals surface area contributed by atoms with E-state index in [1.165, 1.54) is 0 Å². The summed E-state index contributed by atoms with van der Waals surface area (Å²) in [4.78, 5) is 16.3. The molecule has 1 aliphatic heterocycles. The first-order valence-electron chi connectivity index (χ1n) is 5.80. The normalized spacial score (nSPS) is 14.5. The quantitative estimate of drug-likeness (QED) is 0.809. The number of nitrogens with zero attached hydrogens (tertiary/aromatic N) is 5. The second-order valence-electron chi connectivity index (χ2n) is 4.24. The fourth-order valence-electron chi connectivity index (χ4n) is 2.15. The van der Waals surface area contributed by atoms with Gasteiger partial charge in [-0.3, -0.25) is 0 Å². The van der Waals surface area contributed by atoms with Crippen LogP contribution in [0.25, 0.3) is 0 Å². The molecule has 0 atom stereocenters. The van der Waals surface area contributed by atoms with Crippen molar-refractivity contribution in [2.24, 2.45) is 0 Å². The molecule has 7 heteroatoms. The number of hydrogen-bond acceptors (Lipinski definition) is 5. The Bertz CT molecular complexity index is 599. The molecular formula is C12H11Cl2N5. The fourth-order valence-corrected chi connectivity index (χ4v) is 2.51. The number of aromatic nitrogens is 3. The summed E-state index contributed by atoms with van der Waals surface area (Å²) in [6.45, 7) is 1.64. The van der Waals surface area contributed by atoms with Gasteiger partial charge in [0.05, 0.1) is 11.4 Å². The smallest absolute Gasteiger partial charge is 0.235 e. The minimum Gasteiger partial charge on any atom is -0.371 e. The van der Waals surface area contributed by atoms with Crippen LogP contribution in [-0.4, -0.2) is 35.1 Å². The van der Waals surface area contributed by atoms with Crippen LogP contribution in [-0.2, 0) is 0 Å². The van der Waals surface area contributed by atoms with Gasteiger partial charge in [0.15, 0.2) is 0 Å². The zero-order chi connectivity index (χ0) is 13.4. The molecule has 1 aromatic carbocycles. The van der Waals surface area contributed by atoms with Crippen LogP contribution in [0.5, 0.6) is 0 Å². The second kappa shape index (κ2) is 4.83. The van der Waals surface area contributed by atoms with Gasteiger partial charge in [-0.05, 0) is 35.3 Å². The minimum atomic E-state index is 0.103. The van der Waals surface area contributed by atoms with Crippen LogP contribution < -0.4 is 9.80 Å². The number of rotatable bonds is 1. The molecule has 2 aromatic rings. The molecule has 98 valence electrons. The summed E-state index contributed by atoms with van der Waals surface area (Å²) >= 11 is 11.7. The molecule has 0 unspecified atom stereocenters. The molecule has 0 saturated heterocycles. The van der Waals surface area contributed by atoms with Gasteiger partial charge in [0.2, 0.25) is 16.5 Å². The molecule has 5 nitrogen and oxygen atoms in total. The zero-order valence-electron chi connectivity index (χ0n) is 10.2. The van der Waals surface area contributed by atoms with Crippen molar-refractivity contribution in [1.29, 1.82) is 0 Å². The van der Waals surface area contributed by atoms with Gasteiger partial charge in [0, 0.05) is 20.1 Å².